The number of hydrogen-bond donors (Lipinski definition) is 0. The maximum atomic E-state index is 2.43. The van der Waals surface area contributed by atoms with E-state index in [0.717, 1.165) is 0 Å². The average Bonchev–Trinajstić information content (AvgIpc) is 3.55. The maximum Gasteiger partial charge on any atom is 0.0751 e. The Hall–Kier alpha value is -5.74. The van der Waals surface area contributed by atoms with Gasteiger partial charge in [-0.05, 0) is 93.0 Å². The summed E-state index contributed by atoms with van der Waals surface area (Å²) in [6.07, 6.45) is 0. The van der Waals surface area contributed by atoms with Crippen LogP contribution in [-0.4, -0.2) is 4.57 Å². The molecule has 0 fully saturated rings. The Morgan fingerprint density at radius 3 is 1.79 bits per heavy atom. The molecular weight excluding hydrogens is 667 g/mol. The molecule has 1 unspecified atom stereocenters. The molecule has 3 heterocycles. The second-order valence-electron chi connectivity index (χ2n) is 13.6. The first-order valence-corrected chi connectivity index (χ1v) is 19.4. The molecule has 1 nitrogen and oxygen atoms in total. The van der Waals surface area contributed by atoms with E-state index in [4.69, 9.17) is 0 Å². The highest BCUT2D eigenvalue weighted by atomic mass is 32.2. The summed E-state index contributed by atoms with van der Waals surface area (Å²) in [7, 11) is 0. The van der Waals surface area contributed by atoms with Crippen LogP contribution in [0, 0.1) is 0 Å². The first-order valence-electron chi connectivity index (χ1n) is 17.8. The SMILES string of the molecule is c1ccc(-c2cccc3c2C2(c4ccccc4S3)c3ccccc3Sc3c(-c4ccc5c(c4)c4ccccc4n5-c4ccccc4)cccc32)cc1. The summed E-state index contributed by atoms with van der Waals surface area (Å²) >= 11 is 3.82. The van der Waals surface area contributed by atoms with Crippen molar-refractivity contribution in [2.45, 2.75) is 25.0 Å². The smallest absolute Gasteiger partial charge is 0.0751 e. The lowest BCUT2D eigenvalue weighted by Crippen LogP contribution is -2.37. The highest BCUT2D eigenvalue weighted by Gasteiger charge is 2.50. The topological polar surface area (TPSA) is 4.93 Å². The van der Waals surface area contributed by atoms with Gasteiger partial charge in [-0.1, -0.05) is 163 Å². The summed E-state index contributed by atoms with van der Waals surface area (Å²) in [6.45, 7) is 0. The fourth-order valence-electron chi connectivity index (χ4n) is 8.83. The zero-order chi connectivity index (χ0) is 34.2. The fourth-order valence-corrected chi connectivity index (χ4v) is 11.4. The molecule has 11 rings (SSSR count). The van der Waals surface area contributed by atoms with Gasteiger partial charge in [-0.3, -0.25) is 0 Å². The molecule has 2 aliphatic rings. The van der Waals surface area contributed by atoms with Crippen LogP contribution in [0.4, 0.5) is 0 Å². The Morgan fingerprint density at radius 2 is 0.981 bits per heavy atom. The number of benzene rings is 8. The lowest BCUT2D eigenvalue weighted by Gasteiger charge is -2.47. The van der Waals surface area contributed by atoms with Crippen molar-refractivity contribution < 1.29 is 0 Å². The van der Waals surface area contributed by atoms with Gasteiger partial charge in [0.25, 0.3) is 0 Å². The first kappa shape index (κ1) is 29.9. The molecule has 0 bridgehead atoms. The van der Waals surface area contributed by atoms with Gasteiger partial charge < -0.3 is 4.57 Å². The molecule has 9 aromatic rings. The van der Waals surface area contributed by atoms with E-state index >= 15 is 0 Å². The molecule has 52 heavy (non-hydrogen) atoms. The zero-order valence-corrected chi connectivity index (χ0v) is 29.8. The van der Waals surface area contributed by atoms with E-state index in [2.05, 4.69) is 193 Å². The van der Waals surface area contributed by atoms with Crippen molar-refractivity contribution in [3.63, 3.8) is 0 Å². The van der Waals surface area contributed by atoms with Gasteiger partial charge in [0, 0.05) is 36.0 Å². The van der Waals surface area contributed by atoms with E-state index in [-0.39, 0.29) is 0 Å². The number of nitrogens with zero attached hydrogens (tertiary/aromatic N) is 1. The van der Waals surface area contributed by atoms with Crippen molar-refractivity contribution in [1.82, 2.24) is 4.57 Å². The maximum absolute atomic E-state index is 2.43. The van der Waals surface area contributed by atoms with Gasteiger partial charge in [0.05, 0.1) is 16.4 Å². The van der Waals surface area contributed by atoms with Gasteiger partial charge >= 0.3 is 0 Å². The Balaban J connectivity index is 1.22. The number of para-hydroxylation sites is 2. The number of rotatable bonds is 3. The largest absolute Gasteiger partial charge is 0.309 e. The van der Waals surface area contributed by atoms with Crippen LogP contribution in [0.2, 0.25) is 0 Å². The molecule has 1 spiro atoms. The highest BCUT2D eigenvalue weighted by Crippen LogP contribution is 2.64. The Labute approximate surface area is 311 Å². The molecule has 0 amide bonds. The van der Waals surface area contributed by atoms with E-state index in [0.29, 0.717) is 0 Å². The van der Waals surface area contributed by atoms with Gasteiger partial charge in [-0.25, -0.2) is 0 Å². The molecule has 1 aromatic heterocycles. The van der Waals surface area contributed by atoms with E-state index in [9.17, 15) is 0 Å². The third-order valence-corrected chi connectivity index (χ3v) is 13.3. The molecule has 0 saturated heterocycles. The molecule has 3 heteroatoms. The summed E-state index contributed by atoms with van der Waals surface area (Å²) < 4.78 is 2.40. The van der Waals surface area contributed by atoms with Gasteiger partial charge in [-0.15, -0.1) is 0 Å². The minimum absolute atomic E-state index is 0.510. The first-order chi connectivity index (χ1) is 25.8. The summed E-state index contributed by atoms with van der Waals surface area (Å²) in [5, 5.41) is 2.53. The van der Waals surface area contributed by atoms with Gasteiger partial charge in [0.2, 0.25) is 0 Å². The second kappa shape index (κ2) is 11.6. The number of hydrogen-bond acceptors (Lipinski definition) is 2. The van der Waals surface area contributed by atoms with Crippen LogP contribution < -0.4 is 0 Å². The summed E-state index contributed by atoms with van der Waals surface area (Å²) in [4.78, 5) is 5.25. The standard InChI is InChI=1S/C49H31NS2/c1-3-15-32(16-4-1)35-20-14-28-46-47(35)49(39-22-8-11-26-44(39)51-46)40-23-9-12-27-45(40)52-48-36(21-13-24-41(48)49)33-29-30-43-38(31-33)37-19-7-10-25-42(37)50(43)34-17-5-2-6-18-34/h1-31H. The quantitative estimate of drug-likeness (QED) is 0.181. The zero-order valence-electron chi connectivity index (χ0n) is 28.2. The molecule has 1 atom stereocenters. The molecule has 2 aliphatic heterocycles. The summed E-state index contributed by atoms with van der Waals surface area (Å²) in [5.74, 6) is 0. The second-order valence-corrected chi connectivity index (χ2v) is 15.7. The van der Waals surface area contributed by atoms with Crippen molar-refractivity contribution in [1.29, 1.82) is 0 Å². The highest BCUT2D eigenvalue weighted by molar-refractivity contribution is 8.00. The van der Waals surface area contributed by atoms with Crippen molar-refractivity contribution in [3.05, 3.63) is 210 Å². The van der Waals surface area contributed by atoms with Crippen LogP contribution in [0.3, 0.4) is 0 Å². The van der Waals surface area contributed by atoms with Gasteiger partial charge in [0.15, 0.2) is 0 Å². The number of aromatic nitrogens is 1. The van der Waals surface area contributed by atoms with Crippen molar-refractivity contribution >= 4 is 45.3 Å². The van der Waals surface area contributed by atoms with E-state index in [1.165, 1.54) is 91.6 Å². The van der Waals surface area contributed by atoms with Crippen LogP contribution in [0.5, 0.6) is 0 Å². The average molecular weight is 698 g/mol. The van der Waals surface area contributed by atoms with E-state index < -0.39 is 5.41 Å². The van der Waals surface area contributed by atoms with Crippen LogP contribution >= 0.6 is 23.5 Å². The van der Waals surface area contributed by atoms with Crippen LogP contribution in [-0.2, 0) is 5.41 Å². The van der Waals surface area contributed by atoms with Gasteiger partial charge in [-0.2, -0.15) is 0 Å². The Kier molecular flexibility index (Phi) is 6.70. The van der Waals surface area contributed by atoms with Gasteiger partial charge in [0.1, 0.15) is 0 Å². The molecule has 8 aromatic carbocycles. The van der Waals surface area contributed by atoms with Crippen molar-refractivity contribution in [3.8, 4) is 27.9 Å². The minimum atomic E-state index is -0.510. The van der Waals surface area contributed by atoms with Crippen molar-refractivity contribution in [2.24, 2.45) is 0 Å². The van der Waals surface area contributed by atoms with Crippen molar-refractivity contribution in [2.75, 3.05) is 0 Å². The lowest BCUT2D eigenvalue weighted by molar-refractivity contribution is 0.669. The van der Waals surface area contributed by atoms with Crippen LogP contribution in [0.1, 0.15) is 22.3 Å². The van der Waals surface area contributed by atoms with Crippen LogP contribution in [0.25, 0.3) is 49.7 Å². The Bertz CT molecular complexity index is 2840. The number of fused-ring (bicyclic) bond motifs is 11. The predicted molar refractivity (Wildman–Crippen MR) is 218 cm³/mol. The molecule has 0 N–H and O–H groups in total. The fraction of sp³-hybridized carbons (Fsp3) is 0.0204. The molecule has 244 valence electrons. The van der Waals surface area contributed by atoms with Crippen LogP contribution in [0.15, 0.2) is 208 Å². The third kappa shape index (κ3) is 4.21. The molecule has 0 aliphatic carbocycles. The van der Waals surface area contributed by atoms with E-state index in [1.54, 1.807) is 0 Å². The third-order valence-electron chi connectivity index (χ3n) is 10.9. The Morgan fingerprint density at radius 1 is 0.385 bits per heavy atom. The summed E-state index contributed by atoms with van der Waals surface area (Å²) in [5.41, 5.74) is 13.6. The van der Waals surface area contributed by atoms with E-state index in [1.807, 2.05) is 23.5 Å². The minimum Gasteiger partial charge on any atom is -0.309 e. The molecular formula is C49H31NS2. The monoisotopic (exact) mass is 697 g/mol. The summed E-state index contributed by atoms with van der Waals surface area (Å²) in [6, 6.07) is 69.7. The normalized spacial score (nSPS) is 15.6. The molecule has 0 saturated carbocycles. The molecule has 0 radical (unpaired) electrons. The predicted octanol–water partition coefficient (Wildman–Crippen LogP) is 13.4. The lowest BCUT2D eigenvalue weighted by atomic mass is 9.62.